The van der Waals surface area contributed by atoms with Crippen LogP contribution in [-0.2, 0) is 0 Å². The van der Waals surface area contributed by atoms with E-state index < -0.39 is 0 Å². The van der Waals surface area contributed by atoms with Gasteiger partial charge in [0, 0.05) is 25.2 Å². The summed E-state index contributed by atoms with van der Waals surface area (Å²) in [5.41, 5.74) is 5.75. The summed E-state index contributed by atoms with van der Waals surface area (Å²) in [6.45, 7) is 10.7. The van der Waals surface area contributed by atoms with Crippen molar-refractivity contribution in [2.45, 2.75) is 39.8 Å². The molecule has 0 aliphatic carbocycles. The van der Waals surface area contributed by atoms with Crippen molar-refractivity contribution in [3.05, 3.63) is 11.4 Å². The number of hydrogen-bond donors (Lipinski definition) is 2. The predicted molar refractivity (Wildman–Crippen MR) is 87.3 cm³/mol. The zero-order valence-electron chi connectivity index (χ0n) is 12.6. The molecule has 0 unspecified atom stereocenters. The second-order valence-electron chi connectivity index (χ2n) is 5.42. The summed E-state index contributed by atoms with van der Waals surface area (Å²) < 4.78 is 0. The normalized spacial score (nSPS) is 11.9. The van der Waals surface area contributed by atoms with Crippen LogP contribution >= 0.6 is 11.3 Å². The highest BCUT2D eigenvalue weighted by Crippen LogP contribution is 2.25. The van der Waals surface area contributed by atoms with Gasteiger partial charge in [-0.05, 0) is 39.1 Å². The molecule has 5 nitrogen and oxygen atoms in total. The standard InChI is InChI=1S/C14H23N5S/c1-9(2)19(10(3)4)7-6-16-12-11-5-8-20-13(11)18-14(15)17-12/h5,8-10H,6-7H2,1-4H3,(H3,15,16,17,18). The highest BCUT2D eigenvalue weighted by molar-refractivity contribution is 7.16. The lowest BCUT2D eigenvalue weighted by molar-refractivity contribution is 0.182. The van der Waals surface area contributed by atoms with Crippen LogP contribution in [0.4, 0.5) is 11.8 Å². The first-order chi connectivity index (χ1) is 9.49. The third-order valence-electron chi connectivity index (χ3n) is 3.33. The van der Waals surface area contributed by atoms with Crippen molar-refractivity contribution in [3.63, 3.8) is 0 Å². The Hall–Kier alpha value is -1.40. The molecule has 2 rings (SSSR count). The van der Waals surface area contributed by atoms with Crippen molar-refractivity contribution in [2.75, 3.05) is 24.1 Å². The maximum absolute atomic E-state index is 5.75. The average molecular weight is 293 g/mol. The lowest BCUT2D eigenvalue weighted by atomic mass is 10.2. The van der Waals surface area contributed by atoms with Gasteiger partial charge in [-0.2, -0.15) is 4.98 Å². The minimum Gasteiger partial charge on any atom is -0.368 e. The van der Waals surface area contributed by atoms with E-state index in [0.29, 0.717) is 18.0 Å². The maximum atomic E-state index is 5.75. The van der Waals surface area contributed by atoms with Gasteiger partial charge in [-0.25, -0.2) is 4.98 Å². The third kappa shape index (κ3) is 3.37. The summed E-state index contributed by atoms with van der Waals surface area (Å²) in [7, 11) is 0. The molecular weight excluding hydrogens is 270 g/mol. The lowest BCUT2D eigenvalue weighted by Gasteiger charge is -2.30. The molecule has 0 amide bonds. The first-order valence-corrected chi connectivity index (χ1v) is 7.87. The molecule has 0 radical (unpaired) electrons. The number of rotatable bonds is 6. The van der Waals surface area contributed by atoms with E-state index in [2.05, 4.69) is 47.9 Å². The van der Waals surface area contributed by atoms with Crippen LogP contribution in [0.2, 0.25) is 0 Å². The Bertz CT molecular complexity index is 556. The van der Waals surface area contributed by atoms with E-state index in [1.54, 1.807) is 11.3 Å². The fourth-order valence-corrected chi connectivity index (χ4v) is 3.19. The monoisotopic (exact) mass is 293 g/mol. The zero-order valence-corrected chi connectivity index (χ0v) is 13.4. The van der Waals surface area contributed by atoms with Gasteiger partial charge >= 0.3 is 0 Å². The summed E-state index contributed by atoms with van der Waals surface area (Å²) in [6, 6.07) is 3.10. The first kappa shape index (κ1) is 15.0. The number of nitrogens with one attached hydrogen (secondary N) is 1. The van der Waals surface area contributed by atoms with E-state index >= 15 is 0 Å². The minimum absolute atomic E-state index is 0.326. The summed E-state index contributed by atoms with van der Waals surface area (Å²) >= 11 is 1.58. The number of anilines is 2. The Morgan fingerprint density at radius 1 is 1.25 bits per heavy atom. The molecule has 0 bridgehead atoms. The van der Waals surface area contributed by atoms with E-state index in [1.807, 2.05) is 11.4 Å². The van der Waals surface area contributed by atoms with Crippen LogP contribution in [0.3, 0.4) is 0 Å². The van der Waals surface area contributed by atoms with E-state index in [1.165, 1.54) is 0 Å². The third-order valence-corrected chi connectivity index (χ3v) is 4.14. The predicted octanol–water partition coefficient (Wildman–Crippen LogP) is 2.80. The van der Waals surface area contributed by atoms with Crippen molar-refractivity contribution in [1.29, 1.82) is 0 Å². The number of aromatic nitrogens is 2. The Morgan fingerprint density at radius 2 is 1.95 bits per heavy atom. The molecule has 0 aliphatic rings. The van der Waals surface area contributed by atoms with Crippen LogP contribution < -0.4 is 11.1 Å². The van der Waals surface area contributed by atoms with Crippen molar-refractivity contribution in [1.82, 2.24) is 14.9 Å². The molecule has 2 aromatic heterocycles. The van der Waals surface area contributed by atoms with Crippen molar-refractivity contribution >= 4 is 33.3 Å². The lowest BCUT2D eigenvalue weighted by Crippen LogP contribution is -2.40. The molecule has 3 N–H and O–H groups in total. The first-order valence-electron chi connectivity index (χ1n) is 6.99. The minimum atomic E-state index is 0.326. The second-order valence-corrected chi connectivity index (χ2v) is 6.32. The molecule has 0 atom stereocenters. The molecule has 2 heterocycles. The van der Waals surface area contributed by atoms with Crippen molar-refractivity contribution < 1.29 is 0 Å². The molecule has 0 aliphatic heterocycles. The Kier molecular flexibility index (Phi) is 4.77. The number of nitrogen functional groups attached to an aromatic ring is 1. The van der Waals surface area contributed by atoms with Gasteiger partial charge in [-0.1, -0.05) is 0 Å². The van der Waals surface area contributed by atoms with Gasteiger partial charge in [0.2, 0.25) is 5.95 Å². The number of nitrogens with zero attached hydrogens (tertiary/aromatic N) is 3. The maximum Gasteiger partial charge on any atom is 0.223 e. The Balaban J connectivity index is 2.04. The fourth-order valence-electron chi connectivity index (χ4n) is 2.42. The number of nitrogens with two attached hydrogens (primary N) is 1. The van der Waals surface area contributed by atoms with Crippen LogP contribution in [-0.4, -0.2) is 40.0 Å². The topological polar surface area (TPSA) is 67.1 Å². The van der Waals surface area contributed by atoms with Crippen molar-refractivity contribution in [2.24, 2.45) is 0 Å². The van der Waals surface area contributed by atoms with Gasteiger partial charge in [-0.15, -0.1) is 11.3 Å². The summed E-state index contributed by atoms with van der Waals surface area (Å²) in [5.74, 6) is 1.16. The largest absolute Gasteiger partial charge is 0.368 e. The molecule has 6 heteroatoms. The van der Waals surface area contributed by atoms with Crippen LogP contribution in [0, 0.1) is 0 Å². The van der Waals surface area contributed by atoms with Crippen LogP contribution in [0.15, 0.2) is 11.4 Å². The zero-order chi connectivity index (χ0) is 14.7. The quantitative estimate of drug-likeness (QED) is 0.857. The molecule has 20 heavy (non-hydrogen) atoms. The number of hydrogen-bond acceptors (Lipinski definition) is 6. The van der Waals surface area contributed by atoms with Gasteiger partial charge in [0.25, 0.3) is 0 Å². The molecule has 2 aromatic rings. The molecule has 0 fully saturated rings. The van der Waals surface area contributed by atoms with E-state index in [4.69, 9.17) is 5.73 Å². The number of fused-ring (bicyclic) bond motifs is 1. The van der Waals surface area contributed by atoms with Gasteiger partial charge in [0.1, 0.15) is 10.6 Å². The summed E-state index contributed by atoms with van der Waals surface area (Å²) in [6.07, 6.45) is 0. The van der Waals surface area contributed by atoms with E-state index in [9.17, 15) is 0 Å². The van der Waals surface area contributed by atoms with Gasteiger partial charge in [-0.3, -0.25) is 4.90 Å². The Labute approximate surface area is 124 Å². The SMILES string of the molecule is CC(C)N(CCNc1nc(N)nc2sccc12)C(C)C. The second kappa shape index (κ2) is 6.37. The fraction of sp³-hybridized carbons (Fsp3) is 0.571. The molecule has 0 aromatic carbocycles. The highest BCUT2D eigenvalue weighted by atomic mass is 32.1. The Morgan fingerprint density at radius 3 is 2.60 bits per heavy atom. The van der Waals surface area contributed by atoms with Crippen LogP contribution in [0.5, 0.6) is 0 Å². The van der Waals surface area contributed by atoms with E-state index in [-0.39, 0.29) is 0 Å². The smallest absolute Gasteiger partial charge is 0.223 e. The molecule has 0 spiro atoms. The highest BCUT2D eigenvalue weighted by Gasteiger charge is 2.13. The molecule has 0 saturated heterocycles. The van der Waals surface area contributed by atoms with Crippen LogP contribution in [0.25, 0.3) is 10.2 Å². The summed E-state index contributed by atoms with van der Waals surface area (Å²) in [4.78, 5) is 11.9. The molecular formula is C14H23N5S. The van der Waals surface area contributed by atoms with Gasteiger partial charge < -0.3 is 11.1 Å². The molecule has 0 saturated carbocycles. The summed E-state index contributed by atoms with van der Waals surface area (Å²) in [5, 5.41) is 6.45. The van der Waals surface area contributed by atoms with Gasteiger partial charge in [0.15, 0.2) is 0 Å². The van der Waals surface area contributed by atoms with E-state index in [0.717, 1.165) is 29.1 Å². The number of thiophene rings is 1. The van der Waals surface area contributed by atoms with Crippen LogP contribution in [0.1, 0.15) is 27.7 Å². The molecule has 110 valence electrons. The van der Waals surface area contributed by atoms with Crippen molar-refractivity contribution in [3.8, 4) is 0 Å². The van der Waals surface area contributed by atoms with Gasteiger partial charge in [0.05, 0.1) is 5.39 Å². The average Bonchev–Trinajstić information content (AvgIpc) is 2.81.